The molecule has 0 aliphatic carbocycles. The number of fused-ring (bicyclic) bond motifs is 1. The van der Waals surface area contributed by atoms with Gasteiger partial charge in [-0.05, 0) is 43.9 Å². The second kappa shape index (κ2) is 12.7. The molecule has 0 radical (unpaired) electrons. The summed E-state index contributed by atoms with van der Waals surface area (Å²) in [5.41, 5.74) is 7.25. The Morgan fingerprint density at radius 3 is 2.57 bits per heavy atom. The normalized spacial score (nSPS) is 16.4. The number of nitrogens with two attached hydrogens (primary N) is 1. The second-order valence-corrected chi connectivity index (χ2v) is 11.5. The summed E-state index contributed by atoms with van der Waals surface area (Å²) in [7, 11) is 1.31. The molecule has 3 unspecified atom stereocenters. The van der Waals surface area contributed by atoms with Crippen molar-refractivity contribution in [3.8, 4) is 0 Å². The lowest BCUT2D eigenvalue weighted by Crippen LogP contribution is -2.55. The number of anilines is 1. The lowest BCUT2D eigenvalue weighted by Gasteiger charge is -2.27. The molecular weight excluding hydrogens is 562 g/mol. The van der Waals surface area contributed by atoms with Crippen molar-refractivity contribution in [2.24, 2.45) is 5.73 Å². The number of esters is 1. The summed E-state index contributed by atoms with van der Waals surface area (Å²) in [5, 5.41) is 6.53. The lowest BCUT2D eigenvalue weighted by molar-refractivity contribution is -0.151. The number of para-hydroxylation sites is 1. The molecule has 230 valence electrons. The van der Waals surface area contributed by atoms with Crippen molar-refractivity contribution in [2.75, 3.05) is 19.0 Å². The van der Waals surface area contributed by atoms with E-state index >= 15 is 0 Å². The first-order valence-corrected chi connectivity index (χ1v) is 14.5. The molecule has 44 heavy (non-hydrogen) atoms. The Hall–Kier alpha value is -4.97. The summed E-state index contributed by atoms with van der Waals surface area (Å²) in [4.78, 5) is 65.1. The number of nitrogens with zero attached hydrogens (tertiary/aromatic N) is 2. The quantitative estimate of drug-likeness (QED) is 0.174. The number of carbonyl (C=O) groups excluding carboxylic acids is 4. The summed E-state index contributed by atoms with van der Waals surface area (Å²) >= 11 is 0. The van der Waals surface area contributed by atoms with Gasteiger partial charge >= 0.3 is 5.97 Å². The largest absolute Gasteiger partial charge is 0.467 e. The highest BCUT2D eigenvalue weighted by molar-refractivity contribution is 5.99. The number of hydrogen-bond donors (Lipinski definition) is 5. The van der Waals surface area contributed by atoms with Crippen molar-refractivity contribution in [1.82, 2.24) is 25.2 Å². The van der Waals surface area contributed by atoms with Gasteiger partial charge in [-0.25, -0.2) is 9.78 Å². The number of aromatic nitrogens is 3. The minimum atomic E-state index is -1.21. The molecule has 1 fully saturated rings. The molecule has 12 heteroatoms. The molecule has 1 saturated heterocycles. The summed E-state index contributed by atoms with van der Waals surface area (Å²) in [6.07, 6.45) is 4.64. The Bertz CT molecular complexity index is 1660. The van der Waals surface area contributed by atoms with Crippen molar-refractivity contribution in [3.05, 3.63) is 83.9 Å². The maximum atomic E-state index is 13.9. The van der Waals surface area contributed by atoms with E-state index in [4.69, 9.17) is 10.5 Å². The van der Waals surface area contributed by atoms with E-state index in [2.05, 4.69) is 25.6 Å². The predicted molar refractivity (Wildman–Crippen MR) is 164 cm³/mol. The minimum absolute atomic E-state index is 0.202. The monoisotopic (exact) mass is 599 g/mol. The zero-order valence-electron chi connectivity index (χ0n) is 24.9. The second-order valence-electron chi connectivity index (χ2n) is 11.5. The fourth-order valence-electron chi connectivity index (χ4n) is 5.48. The standard InChI is InChI=1S/C32H37N7O5/c1-32(2,33)31(43)36-23(16-20-17-34-22-13-8-7-12-21(20)22)28(40)38-25-18-35-27(37-25)26(19-10-5-4-6-11-19)29(41)39-15-9-14-24(39)30(42)44-3/h4-8,10-13,17-18,23-24,26,34H,9,14-16,33H2,1-3H3,(H,35,37)(H,36,43)(H,38,40). The Morgan fingerprint density at radius 1 is 1.11 bits per heavy atom. The van der Waals surface area contributed by atoms with E-state index in [1.165, 1.54) is 18.2 Å². The fourth-order valence-corrected chi connectivity index (χ4v) is 5.48. The van der Waals surface area contributed by atoms with E-state index in [1.54, 1.807) is 13.8 Å². The fraction of sp³-hybridized carbons (Fsp3) is 0.344. The van der Waals surface area contributed by atoms with E-state index < -0.39 is 41.3 Å². The van der Waals surface area contributed by atoms with Crippen molar-refractivity contribution in [3.63, 3.8) is 0 Å². The van der Waals surface area contributed by atoms with Gasteiger partial charge in [0.15, 0.2) is 0 Å². The van der Waals surface area contributed by atoms with Crippen LogP contribution in [0, 0.1) is 0 Å². The van der Waals surface area contributed by atoms with E-state index in [-0.39, 0.29) is 18.1 Å². The van der Waals surface area contributed by atoms with Crippen LogP contribution in [0.4, 0.5) is 5.82 Å². The minimum Gasteiger partial charge on any atom is -0.467 e. The van der Waals surface area contributed by atoms with E-state index in [1.807, 2.05) is 60.8 Å². The third kappa shape index (κ3) is 6.50. The number of carbonyl (C=O) groups is 4. The van der Waals surface area contributed by atoms with E-state index in [0.29, 0.717) is 30.8 Å². The molecule has 1 aliphatic heterocycles. The molecule has 6 N–H and O–H groups in total. The van der Waals surface area contributed by atoms with Crippen LogP contribution < -0.4 is 16.4 Å². The van der Waals surface area contributed by atoms with Gasteiger partial charge in [-0.1, -0.05) is 48.5 Å². The molecule has 3 amide bonds. The van der Waals surface area contributed by atoms with Gasteiger partial charge in [-0.2, -0.15) is 0 Å². The van der Waals surface area contributed by atoms with Crippen molar-refractivity contribution >= 4 is 40.4 Å². The highest BCUT2D eigenvalue weighted by Gasteiger charge is 2.40. The Labute approximate surface area is 254 Å². The van der Waals surface area contributed by atoms with Crippen LogP contribution in [0.15, 0.2) is 67.0 Å². The van der Waals surface area contributed by atoms with E-state index in [0.717, 1.165) is 16.5 Å². The molecule has 12 nitrogen and oxygen atoms in total. The Kier molecular flexibility index (Phi) is 8.81. The number of likely N-dealkylation sites (tertiary alicyclic amines) is 1. The number of ether oxygens (including phenoxy) is 1. The maximum absolute atomic E-state index is 13.9. The maximum Gasteiger partial charge on any atom is 0.328 e. The SMILES string of the molecule is COC(=O)C1CCCN1C(=O)C(c1ccccc1)c1ncc(NC(=O)C(Cc2c[nH]c3ccccc23)NC(=O)C(C)(C)N)[nH]1. The molecule has 5 rings (SSSR count). The smallest absolute Gasteiger partial charge is 0.328 e. The number of amides is 3. The number of hydrogen-bond acceptors (Lipinski definition) is 7. The van der Waals surface area contributed by atoms with Gasteiger partial charge in [-0.3, -0.25) is 14.4 Å². The lowest BCUT2D eigenvalue weighted by atomic mass is 9.96. The summed E-state index contributed by atoms with van der Waals surface area (Å²) in [6.45, 7) is 3.55. The number of aromatic amines is 2. The third-order valence-corrected chi connectivity index (χ3v) is 7.82. The van der Waals surface area contributed by atoms with Crippen LogP contribution >= 0.6 is 0 Å². The van der Waals surface area contributed by atoms with Crippen molar-refractivity contribution in [1.29, 1.82) is 0 Å². The van der Waals surface area contributed by atoms with Crippen molar-refractivity contribution < 1.29 is 23.9 Å². The van der Waals surface area contributed by atoms with Crippen LogP contribution in [-0.2, 0) is 30.3 Å². The van der Waals surface area contributed by atoms with Gasteiger partial charge in [0, 0.05) is 30.1 Å². The zero-order chi connectivity index (χ0) is 31.4. The third-order valence-electron chi connectivity index (χ3n) is 7.82. The molecule has 0 saturated carbocycles. The van der Waals surface area contributed by atoms with Gasteiger partial charge in [0.25, 0.3) is 0 Å². The van der Waals surface area contributed by atoms with E-state index in [9.17, 15) is 19.2 Å². The molecule has 1 aliphatic rings. The zero-order valence-corrected chi connectivity index (χ0v) is 24.9. The average Bonchev–Trinajstić information content (AvgIpc) is 3.77. The molecule has 0 bridgehead atoms. The number of imidazole rings is 1. The molecule has 3 atom stereocenters. The van der Waals surface area contributed by atoms with Gasteiger partial charge in [-0.15, -0.1) is 0 Å². The molecule has 4 aromatic rings. The van der Waals surface area contributed by atoms with Gasteiger partial charge in [0.1, 0.15) is 29.6 Å². The summed E-state index contributed by atoms with van der Waals surface area (Å²) in [6, 6.07) is 15.2. The van der Waals surface area contributed by atoms with Gasteiger partial charge < -0.3 is 36.0 Å². The molecular formula is C32H37N7O5. The number of methoxy groups -OCH3 is 1. The molecule has 2 aromatic heterocycles. The van der Waals surface area contributed by atoms with Crippen LogP contribution in [-0.4, -0.2) is 74.8 Å². The van der Waals surface area contributed by atoms with Crippen LogP contribution in [0.2, 0.25) is 0 Å². The Morgan fingerprint density at radius 2 is 1.84 bits per heavy atom. The highest BCUT2D eigenvalue weighted by atomic mass is 16.5. The number of benzene rings is 2. The van der Waals surface area contributed by atoms with Crippen LogP contribution in [0.5, 0.6) is 0 Å². The number of H-pyrrole nitrogens is 2. The predicted octanol–water partition coefficient (Wildman–Crippen LogP) is 2.59. The summed E-state index contributed by atoms with van der Waals surface area (Å²) in [5.74, 6) is -2.04. The number of rotatable bonds is 10. The van der Waals surface area contributed by atoms with Crippen LogP contribution in [0.25, 0.3) is 10.9 Å². The van der Waals surface area contributed by atoms with Crippen molar-refractivity contribution in [2.45, 2.75) is 56.7 Å². The van der Waals surface area contributed by atoms with Crippen LogP contribution in [0.1, 0.15) is 49.6 Å². The summed E-state index contributed by atoms with van der Waals surface area (Å²) < 4.78 is 4.94. The molecule has 3 heterocycles. The Balaban J connectivity index is 1.40. The highest BCUT2D eigenvalue weighted by Crippen LogP contribution is 2.30. The van der Waals surface area contributed by atoms with Crippen LogP contribution in [0.3, 0.4) is 0 Å². The van der Waals surface area contributed by atoms with Gasteiger partial charge in [0.2, 0.25) is 17.7 Å². The van der Waals surface area contributed by atoms with Gasteiger partial charge in [0.05, 0.1) is 18.8 Å². The molecule has 0 spiro atoms. The number of nitrogens with one attached hydrogen (secondary N) is 4. The first-order valence-electron chi connectivity index (χ1n) is 14.5. The molecule has 2 aromatic carbocycles. The average molecular weight is 600 g/mol. The first kappa shape index (κ1) is 30.5. The first-order chi connectivity index (χ1) is 21.1. The topological polar surface area (TPSA) is 175 Å².